The van der Waals surface area contributed by atoms with Crippen LogP contribution in [-0.4, -0.2) is 0 Å². The second-order valence-electron chi connectivity index (χ2n) is 7.77. The molecule has 0 aromatic carbocycles. The monoisotopic (exact) mass is 392 g/mol. The van der Waals surface area contributed by atoms with E-state index in [0.29, 0.717) is 10.8 Å². The molecule has 20 heavy (non-hydrogen) atoms. The van der Waals surface area contributed by atoms with Crippen LogP contribution in [0.1, 0.15) is 55.7 Å². The molecule has 1 aromatic heterocycles. The fourth-order valence-corrected chi connectivity index (χ4v) is 8.19. The van der Waals surface area contributed by atoms with Crippen molar-refractivity contribution in [2.75, 3.05) is 0 Å². The van der Waals surface area contributed by atoms with Crippen LogP contribution < -0.4 is 0 Å². The zero-order valence-corrected chi connectivity index (χ0v) is 15.5. The predicted octanol–water partition coefficient (Wildman–Crippen LogP) is 7.05. The van der Waals surface area contributed by atoms with E-state index in [4.69, 9.17) is 23.2 Å². The van der Waals surface area contributed by atoms with Crippen molar-refractivity contribution in [1.29, 1.82) is 0 Å². The molecular formula is C16H19BrCl2S. The zero-order chi connectivity index (χ0) is 14.1. The van der Waals surface area contributed by atoms with Gasteiger partial charge in [0.2, 0.25) is 0 Å². The number of alkyl halides is 1. The summed E-state index contributed by atoms with van der Waals surface area (Å²) in [6.45, 7) is 2.50. The van der Waals surface area contributed by atoms with Crippen molar-refractivity contribution in [3.63, 3.8) is 0 Å². The van der Waals surface area contributed by atoms with Crippen LogP contribution in [0.4, 0.5) is 0 Å². The second-order valence-corrected chi connectivity index (χ2v) is 10.7. The summed E-state index contributed by atoms with van der Waals surface area (Å²) in [6, 6.07) is 2.14. The molecule has 4 fully saturated rings. The van der Waals surface area contributed by atoms with Crippen LogP contribution in [0, 0.1) is 22.7 Å². The van der Waals surface area contributed by atoms with E-state index in [2.05, 4.69) is 28.9 Å². The minimum absolute atomic E-state index is 0.140. The van der Waals surface area contributed by atoms with Crippen molar-refractivity contribution >= 4 is 50.5 Å². The first-order valence-corrected chi connectivity index (χ1v) is 9.90. The van der Waals surface area contributed by atoms with Gasteiger partial charge in [0.1, 0.15) is 4.34 Å². The number of hydrogen-bond donors (Lipinski definition) is 0. The molecule has 4 saturated carbocycles. The smallest absolute Gasteiger partial charge is 0.107 e. The number of rotatable bonds is 2. The second kappa shape index (κ2) is 4.63. The van der Waals surface area contributed by atoms with E-state index in [9.17, 15) is 0 Å². The normalized spacial score (nSPS) is 44.0. The van der Waals surface area contributed by atoms with E-state index in [1.165, 1.54) is 43.4 Å². The van der Waals surface area contributed by atoms with Crippen molar-refractivity contribution in [3.05, 3.63) is 19.8 Å². The Balaban J connectivity index is 1.70. The highest BCUT2D eigenvalue weighted by Gasteiger charge is 2.58. The molecule has 4 bridgehead atoms. The molecule has 4 aliphatic rings. The highest BCUT2D eigenvalue weighted by atomic mass is 79.9. The first-order chi connectivity index (χ1) is 9.39. The molecule has 4 heteroatoms. The summed E-state index contributed by atoms with van der Waals surface area (Å²) in [4.78, 5) is 1.26. The van der Waals surface area contributed by atoms with Gasteiger partial charge in [0.15, 0.2) is 0 Å². The van der Waals surface area contributed by atoms with Gasteiger partial charge in [-0.3, -0.25) is 0 Å². The molecule has 0 saturated heterocycles. The molecule has 4 aliphatic carbocycles. The van der Waals surface area contributed by atoms with Crippen LogP contribution in [-0.2, 0) is 0 Å². The summed E-state index contributed by atoms with van der Waals surface area (Å²) in [5.41, 5.74) is 0.878. The van der Waals surface area contributed by atoms with E-state index < -0.39 is 0 Å². The van der Waals surface area contributed by atoms with Crippen LogP contribution in [0.3, 0.4) is 0 Å². The molecule has 0 nitrogen and oxygen atoms in total. The molecule has 0 amide bonds. The molecule has 110 valence electrons. The molecule has 3 atom stereocenters. The van der Waals surface area contributed by atoms with Crippen molar-refractivity contribution < 1.29 is 0 Å². The lowest BCUT2D eigenvalue weighted by Gasteiger charge is -2.62. The number of halogens is 3. The molecule has 1 heterocycles. The van der Waals surface area contributed by atoms with E-state index in [-0.39, 0.29) is 5.38 Å². The van der Waals surface area contributed by atoms with Gasteiger partial charge in [-0.1, -0.05) is 18.5 Å². The van der Waals surface area contributed by atoms with Crippen LogP contribution in [0.2, 0.25) is 4.34 Å². The molecule has 0 spiro atoms. The van der Waals surface area contributed by atoms with Gasteiger partial charge in [-0.2, -0.15) is 0 Å². The number of hydrogen-bond acceptors (Lipinski definition) is 1. The molecule has 5 rings (SSSR count). The maximum atomic E-state index is 7.01. The molecule has 0 N–H and O–H groups in total. The van der Waals surface area contributed by atoms with Crippen molar-refractivity contribution in [2.24, 2.45) is 22.7 Å². The summed E-state index contributed by atoms with van der Waals surface area (Å²) in [5.74, 6) is 1.84. The maximum Gasteiger partial charge on any atom is 0.107 e. The van der Waals surface area contributed by atoms with E-state index in [0.717, 1.165) is 20.6 Å². The van der Waals surface area contributed by atoms with Gasteiger partial charge in [-0.05, 0) is 83.2 Å². The molecule has 0 radical (unpaired) electrons. The quantitative estimate of drug-likeness (QED) is 0.472. The topological polar surface area (TPSA) is 0 Å². The van der Waals surface area contributed by atoms with Gasteiger partial charge < -0.3 is 0 Å². The van der Waals surface area contributed by atoms with Gasteiger partial charge in [0.05, 0.1) is 5.38 Å². The summed E-state index contributed by atoms with van der Waals surface area (Å²) in [7, 11) is 0. The Morgan fingerprint density at radius 3 is 2.45 bits per heavy atom. The van der Waals surface area contributed by atoms with Crippen molar-refractivity contribution in [2.45, 2.75) is 50.8 Å². The van der Waals surface area contributed by atoms with E-state index in [1.54, 1.807) is 11.3 Å². The Morgan fingerprint density at radius 2 is 1.95 bits per heavy atom. The summed E-state index contributed by atoms with van der Waals surface area (Å²) < 4.78 is 1.84. The van der Waals surface area contributed by atoms with Crippen LogP contribution in [0.5, 0.6) is 0 Å². The highest BCUT2D eigenvalue weighted by molar-refractivity contribution is 9.10. The summed E-state index contributed by atoms with van der Waals surface area (Å²) in [5, 5.41) is 0.140. The first-order valence-electron chi connectivity index (χ1n) is 7.48. The standard InChI is InChI=1S/C16H19BrCl2S/c1-15-4-9-2-10(5-15)7-16(6-9,8-15)13(18)12-3-11(17)14(19)20-12/h3,9-10,13H,2,4-8H2,1H3. The lowest BCUT2D eigenvalue weighted by atomic mass is 9.44. The SMILES string of the molecule is CC12CC3CC(C1)CC(C(Cl)c1cc(Br)c(Cl)s1)(C3)C2. The fraction of sp³-hybridized carbons (Fsp3) is 0.750. The first kappa shape index (κ1) is 14.4. The minimum Gasteiger partial charge on any atom is -0.126 e. The zero-order valence-electron chi connectivity index (χ0n) is 11.6. The summed E-state index contributed by atoms with van der Waals surface area (Å²) in [6.07, 6.45) is 8.30. The van der Waals surface area contributed by atoms with E-state index >= 15 is 0 Å². The predicted molar refractivity (Wildman–Crippen MR) is 90.8 cm³/mol. The average molecular weight is 394 g/mol. The van der Waals surface area contributed by atoms with Crippen LogP contribution >= 0.6 is 50.5 Å². The minimum atomic E-state index is 0.140. The third kappa shape index (κ3) is 2.13. The van der Waals surface area contributed by atoms with Gasteiger partial charge in [-0.15, -0.1) is 22.9 Å². The maximum absolute atomic E-state index is 7.01. The Labute approximate surface area is 143 Å². The van der Waals surface area contributed by atoms with Crippen LogP contribution in [0.25, 0.3) is 0 Å². The van der Waals surface area contributed by atoms with Gasteiger partial charge in [0, 0.05) is 9.35 Å². The van der Waals surface area contributed by atoms with E-state index in [1.807, 2.05) is 0 Å². The van der Waals surface area contributed by atoms with Gasteiger partial charge in [-0.25, -0.2) is 0 Å². The van der Waals surface area contributed by atoms with Crippen molar-refractivity contribution in [3.8, 4) is 0 Å². The van der Waals surface area contributed by atoms with Gasteiger partial charge >= 0.3 is 0 Å². The summed E-state index contributed by atoms with van der Waals surface area (Å²) >= 11 is 18.4. The molecular weight excluding hydrogens is 375 g/mol. The third-order valence-electron chi connectivity index (χ3n) is 5.85. The Morgan fingerprint density at radius 1 is 1.30 bits per heavy atom. The largest absolute Gasteiger partial charge is 0.126 e. The number of thiophene rings is 1. The van der Waals surface area contributed by atoms with Crippen molar-refractivity contribution in [1.82, 2.24) is 0 Å². The third-order valence-corrected chi connectivity index (χ3v) is 9.22. The molecule has 1 aromatic rings. The Hall–Kier alpha value is 0.760. The highest BCUT2D eigenvalue weighted by Crippen LogP contribution is 2.69. The molecule has 3 unspecified atom stereocenters. The Kier molecular flexibility index (Phi) is 3.32. The lowest BCUT2D eigenvalue weighted by Crippen LogP contribution is -2.52. The lowest BCUT2D eigenvalue weighted by molar-refractivity contribution is -0.103. The van der Waals surface area contributed by atoms with Crippen LogP contribution in [0.15, 0.2) is 10.5 Å². The Bertz CT molecular complexity index is 519. The average Bonchev–Trinajstić information content (AvgIpc) is 2.65. The molecule has 0 aliphatic heterocycles. The van der Waals surface area contributed by atoms with Gasteiger partial charge in [0.25, 0.3) is 0 Å². The fourth-order valence-electron chi connectivity index (χ4n) is 5.88.